The second-order valence-electron chi connectivity index (χ2n) is 3.12. The Morgan fingerprint density at radius 2 is 2.08 bits per heavy atom. The van der Waals surface area contributed by atoms with Gasteiger partial charge < -0.3 is 4.84 Å². The third kappa shape index (κ3) is 2.51. The largest absolute Gasteiger partial charge is 0.301 e. The van der Waals surface area contributed by atoms with Gasteiger partial charge in [0.15, 0.2) is 0 Å². The summed E-state index contributed by atoms with van der Waals surface area (Å²) in [5.41, 5.74) is 0. The van der Waals surface area contributed by atoms with Crippen LogP contribution in [0.5, 0.6) is 0 Å². The fraction of sp³-hybridized carbons (Fsp3) is 0.800. The zero-order chi connectivity index (χ0) is 8.81. The van der Waals surface area contributed by atoms with Crippen LogP contribution in [-0.4, -0.2) is 24.8 Å². The molecule has 0 aliphatic heterocycles. The molecule has 0 aromatic carbocycles. The first-order valence-electron chi connectivity index (χ1n) is 4.59. The lowest BCUT2D eigenvalue weighted by atomic mass is 10.2. The maximum absolute atomic E-state index is 5.27. The molecular weight excluding hydrogens is 150 g/mol. The van der Waals surface area contributed by atoms with Gasteiger partial charge in [0.05, 0.1) is 13.7 Å². The third-order valence-corrected chi connectivity index (χ3v) is 2.38. The quantitative estimate of drug-likeness (QED) is 0.469. The average molecular weight is 167 g/mol. The first kappa shape index (κ1) is 9.57. The van der Waals surface area contributed by atoms with Crippen LogP contribution >= 0.6 is 0 Å². The van der Waals surface area contributed by atoms with E-state index in [9.17, 15) is 0 Å². The molecule has 0 bridgehead atoms. The highest BCUT2D eigenvalue weighted by molar-refractivity contribution is 4.97. The molecule has 0 radical (unpaired) electrons. The van der Waals surface area contributed by atoms with Gasteiger partial charge in [-0.3, -0.25) is 0 Å². The summed E-state index contributed by atoms with van der Waals surface area (Å²) < 4.78 is 0. The molecule has 0 unspecified atom stereocenters. The summed E-state index contributed by atoms with van der Waals surface area (Å²) in [6.07, 6.45) is 5.20. The lowest BCUT2D eigenvalue weighted by molar-refractivity contribution is -0.150. The molecule has 2 heteroatoms. The van der Waals surface area contributed by atoms with Crippen LogP contribution in [0, 0.1) is 11.8 Å². The van der Waals surface area contributed by atoms with Crippen LogP contribution in [0.2, 0.25) is 0 Å². The van der Waals surface area contributed by atoms with Gasteiger partial charge in [-0.25, -0.2) is 0 Å². The summed E-state index contributed by atoms with van der Waals surface area (Å²) in [6, 6.07) is 0.607. The van der Waals surface area contributed by atoms with Crippen LogP contribution in [0.1, 0.15) is 32.6 Å². The van der Waals surface area contributed by atoms with Crippen molar-refractivity contribution in [2.45, 2.75) is 38.6 Å². The predicted octanol–water partition coefficient (Wildman–Crippen LogP) is 1.82. The molecule has 12 heavy (non-hydrogen) atoms. The molecule has 0 N–H and O–H groups in total. The molecule has 68 valence electrons. The van der Waals surface area contributed by atoms with Crippen molar-refractivity contribution < 1.29 is 4.84 Å². The van der Waals surface area contributed by atoms with Gasteiger partial charge in [0.25, 0.3) is 0 Å². The van der Waals surface area contributed by atoms with Gasteiger partial charge in [0.1, 0.15) is 0 Å². The van der Waals surface area contributed by atoms with Crippen molar-refractivity contribution in [1.29, 1.82) is 0 Å². The molecular formula is C10H17NO. The predicted molar refractivity (Wildman–Crippen MR) is 49.4 cm³/mol. The number of hydrogen-bond donors (Lipinski definition) is 0. The number of rotatable bonds is 3. The van der Waals surface area contributed by atoms with Gasteiger partial charge in [-0.1, -0.05) is 18.8 Å². The second kappa shape index (κ2) is 5.18. The summed E-state index contributed by atoms with van der Waals surface area (Å²) in [6.45, 7) is 2.61. The first-order chi connectivity index (χ1) is 5.88. The van der Waals surface area contributed by atoms with Crippen molar-refractivity contribution in [3.8, 4) is 11.8 Å². The minimum atomic E-state index is 0.607. The van der Waals surface area contributed by atoms with E-state index < -0.39 is 0 Å². The lowest BCUT2D eigenvalue weighted by Gasteiger charge is -2.23. The zero-order valence-corrected chi connectivity index (χ0v) is 7.97. The van der Waals surface area contributed by atoms with Gasteiger partial charge in [0.2, 0.25) is 0 Å². The second-order valence-corrected chi connectivity index (χ2v) is 3.12. The first-order valence-corrected chi connectivity index (χ1v) is 4.59. The highest BCUT2D eigenvalue weighted by atomic mass is 16.7. The van der Waals surface area contributed by atoms with Crippen molar-refractivity contribution in [2.24, 2.45) is 0 Å². The molecule has 1 saturated carbocycles. The summed E-state index contributed by atoms with van der Waals surface area (Å²) >= 11 is 0. The number of hydrogen-bond acceptors (Lipinski definition) is 2. The summed E-state index contributed by atoms with van der Waals surface area (Å²) in [5.74, 6) is 5.91. The Kier molecular flexibility index (Phi) is 4.13. The van der Waals surface area contributed by atoms with Crippen LogP contribution in [0.15, 0.2) is 0 Å². The van der Waals surface area contributed by atoms with Crippen molar-refractivity contribution in [2.75, 3.05) is 13.7 Å². The number of hydroxylamine groups is 2. The lowest BCUT2D eigenvalue weighted by Crippen LogP contribution is -2.32. The molecule has 1 rings (SSSR count). The number of nitrogens with zero attached hydrogens (tertiary/aromatic N) is 1. The van der Waals surface area contributed by atoms with E-state index in [-0.39, 0.29) is 0 Å². The molecule has 2 nitrogen and oxygen atoms in total. The highest BCUT2D eigenvalue weighted by Gasteiger charge is 2.21. The standard InChI is InChI=1S/C10H17NO/c1-3-4-9-11(12-2)10-7-5-6-8-10/h10H,5-9H2,1-2H3. The van der Waals surface area contributed by atoms with E-state index >= 15 is 0 Å². The zero-order valence-electron chi connectivity index (χ0n) is 7.97. The SMILES string of the molecule is CC#CCN(OC)C1CCCC1. The van der Waals surface area contributed by atoms with E-state index in [2.05, 4.69) is 11.8 Å². The molecule has 0 aromatic heterocycles. The van der Waals surface area contributed by atoms with Crippen LogP contribution in [0.25, 0.3) is 0 Å². The molecule has 0 amide bonds. The van der Waals surface area contributed by atoms with Gasteiger partial charge in [-0.15, -0.1) is 5.92 Å². The molecule has 1 fully saturated rings. The Morgan fingerprint density at radius 3 is 2.58 bits per heavy atom. The third-order valence-electron chi connectivity index (χ3n) is 2.38. The van der Waals surface area contributed by atoms with Crippen molar-refractivity contribution in [3.05, 3.63) is 0 Å². The molecule has 0 aromatic rings. The molecule has 0 spiro atoms. The van der Waals surface area contributed by atoms with Crippen LogP contribution in [0.4, 0.5) is 0 Å². The van der Waals surface area contributed by atoms with Gasteiger partial charge in [-0.05, 0) is 19.8 Å². The summed E-state index contributed by atoms with van der Waals surface area (Å²) in [4.78, 5) is 5.27. The van der Waals surface area contributed by atoms with Crippen molar-refractivity contribution in [1.82, 2.24) is 5.06 Å². The average Bonchev–Trinajstić information content (AvgIpc) is 2.59. The van der Waals surface area contributed by atoms with Crippen molar-refractivity contribution >= 4 is 0 Å². The van der Waals surface area contributed by atoms with Gasteiger partial charge in [-0.2, -0.15) is 5.06 Å². The van der Waals surface area contributed by atoms with E-state index in [0.29, 0.717) is 6.04 Å². The molecule has 0 atom stereocenters. The monoisotopic (exact) mass is 167 g/mol. The molecule has 1 aliphatic carbocycles. The van der Waals surface area contributed by atoms with E-state index in [1.807, 2.05) is 12.0 Å². The maximum Gasteiger partial charge on any atom is 0.0854 e. The van der Waals surface area contributed by atoms with E-state index in [0.717, 1.165) is 6.54 Å². The van der Waals surface area contributed by atoms with E-state index in [4.69, 9.17) is 4.84 Å². The van der Waals surface area contributed by atoms with Gasteiger partial charge >= 0.3 is 0 Å². The fourth-order valence-electron chi connectivity index (χ4n) is 1.69. The van der Waals surface area contributed by atoms with E-state index in [1.54, 1.807) is 7.11 Å². The molecule has 0 heterocycles. The van der Waals surface area contributed by atoms with Crippen LogP contribution < -0.4 is 0 Å². The Morgan fingerprint density at radius 1 is 1.42 bits per heavy atom. The minimum Gasteiger partial charge on any atom is -0.301 e. The summed E-state index contributed by atoms with van der Waals surface area (Å²) in [7, 11) is 1.73. The summed E-state index contributed by atoms with van der Waals surface area (Å²) in [5, 5.41) is 2.00. The Balaban J connectivity index is 2.35. The fourth-order valence-corrected chi connectivity index (χ4v) is 1.69. The van der Waals surface area contributed by atoms with Crippen LogP contribution in [-0.2, 0) is 4.84 Å². The maximum atomic E-state index is 5.27. The van der Waals surface area contributed by atoms with Gasteiger partial charge in [0, 0.05) is 6.04 Å². The Hall–Kier alpha value is -0.520. The van der Waals surface area contributed by atoms with Crippen LogP contribution in [0.3, 0.4) is 0 Å². The highest BCUT2D eigenvalue weighted by Crippen LogP contribution is 2.22. The minimum absolute atomic E-state index is 0.607. The topological polar surface area (TPSA) is 12.5 Å². The van der Waals surface area contributed by atoms with Crippen molar-refractivity contribution in [3.63, 3.8) is 0 Å². The normalized spacial score (nSPS) is 17.9. The molecule has 1 aliphatic rings. The van der Waals surface area contributed by atoms with E-state index in [1.165, 1.54) is 25.7 Å². The molecule has 0 saturated heterocycles. The Labute approximate surface area is 74.8 Å². The Bertz CT molecular complexity index is 174. The smallest absolute Gasteiger partial charge is 0.0854 e.